The van der Waals surface area contributed by atoms with E-state index in [1.807, 2.05) is 76.2 Å². The summed E-state index contributed by atoms with van der Waals surface area (Å²) in [6, 6.07) is 18.8. The van der Waals surface area contributed by atoms with Gasteiger partial charge in [0, 0.05) is 10.7 Å². The zero-order valence-corrected chi connectivity index (χ0v) is 18.7. The van der Waals surface area contributed by atoms with Crippen molar-refractivity contribution >= 4 is 40.4 Å². The molecule has 3 aromatic carbocycles. The standard InChI is InChI=1S/C26H23ClN2O2/c1-15-6-10-19(11-7-15)23-24(28-21-14-20(27)12-9-17(21)3)26(31)29(25(23)30)22-13-16(2)5-8-18(22)4/h5-14,28H,1-4H3. The first kappa shape index (κ1) is 20.9. The van der Waals surface area contributed by atoms with Gasteiger partial charge in [-0.2, -0.15) is 0 Å². The number of rotatable bonds is 4. The molecule has 0 radical (unpaired) electrons. The molecule has 0 saturated carbocycles. The average Bonchev–Trinajstić information content (AvgIpc) is 2.97. The first-order valence-electron chi connectivity index (χ1n) is 10.1. The molecule has 1 heterocycles. The van der Waals surface area contributed by atoms with Gasteiger partial charge in [0.15, 0.2) is 0 Å². The van der Waals surface area contributed by atoms with E-state index in [1.165, 1.54) is 4.90 Å². The number of aryl methyl sites for hydroxylation is 4. The number of carbonyl (C=O) groups is 2. The third kappa shape index (κ3) is 3.87. The molecule has 0 unspecified atom stereocenters. The lowest BCUT2D eigenvalue weighted by Crippen LogP contribution is -2.33. The Kier molecular flexibility index (Phi) is 5.42. The van der Waals surface area contributed by atoms with Crippen molar-refractivity contribution in [2.45, 2.75) is 27.7 Å². The SMILES string of the molecule is Cc1ccc(C2=C(Nc3cc(Cl)ccc3C)C(=O)N(c3cc(C)ccc3C)C2=O)cc1. The van der Waals surface area contributed by atoms with Gasteiger partial charge < -0.3 is 5.32 Å². The number of nitrogens with zero attached hydrogens (tertiary/aromatic N) is 1. The van der Waals surface area contributed by atoms with E-state index in [9.17, 15) is 9.59 Å². The summed E-state index contributed by atoms with van der Waals surface area (Å²) in [7, 11) is 0. The minimum absolute atomic E-state index is 0.250. The number of benzene rings is 3. The third-order valence-electron chi connectivity index (χ3n) is 5.49. The van der Waals surface area contributed by atoms with E-state index >= 15 is 0 Å². The van der Waals surface area contributed by atoms with E-state index < -0.39 is 0 Å². The summed E-state index contributed by atoms with van der Waals surface area (Å²) in [6.07, 6.45) is 0. The highest BCUT2D eigenvalue weighted by Crippen LogP contribution is 2.36. The van der Waals surface area contributed by atoms with Gasteiger partial charge in [-0.25, -0.2) is 4.90 Å². The molecule has 1 aliphatic heterocycles. The minimum Gasteiger partial charge on any atom is -0.350 e. The van der Waals surface area contributed by atoms with Gasteiger partial charge in [-0.1, -0.05) is 59.6 Å². The highest BCUT2D eigenvalue weighted by molar-refractivity contribution is 6.46. The molecule has 2 amide bonds. The van der Waals surface area contributed by atoms with Gasteiger partial charge >= 0.3 is 0 Å². The summed E-state index contributed by atoms with van der Waals surface area (Å²) in [5.41, 5.74) is 6.42. The molecular formula is C26H23ClN2O2. The van der Waals surface area contributed by atoms with Gasteiger partial charge in [-0.05, 0) is 68.1 Å². The largest absolute Gasteiger partial charge is 0.350 e. The zero-order valence-electron chi connectivity index (χ0n) is 17.9. The molecule has 3 aromatic rings. The van der Waals surface area contributed by atoms with Crippen LogP contribution in [0.1, 0.15) is 27.8 Å². The minimum atomic E-state index is -0.381. The van der Waals surface area contributed by atoms with Crippen LogP contribution < -0.4 is 10.2 Å². The molecule has 156 valence electrons. The molecule has 0 aromatic heterocycles. The number of imide groups is 1. The second-order valence-corrected chi connectivity index (χ2v) is 8.37. The van der Waals surface area contributed by atoms with E-state index in [2.05, 4.69) is 5.32 Å². The fourth-order valence-corrected chi connectivity index (χ4v) is 3.85. The second kappa shape index (κ2) is 8.05. The van der Waals surface area contributed by atoms with Crippen molar-refractivity contribution in [2.75, 3.05) is 10.2 Å². The fourth-order valence-electron chi connectivity index (χ4n) is 3.68. The molecule has 0 fully saturated rings. The van der Waals surface area contributed by atoms with Gasteiger partial charge in [-0.3, -0.25) is 9.59 Å². The van der Waals surface area contributed by atoms with Gasteiger partial charge in [0.05, 0.1) is 11.3 Å². The van der Waals surface area contributed by atoms with Crippen LogP contribution in [0, 0.1) is 27.7 Å². The Hall–Kier alpha value is -3.37. The average molecular weight is 431 g/mol. The van der Waals surface area contributed by atoms with Crippen LogP contribution in [-0.4, -0.2) is 11.8 Å². The van der Waals surface area contributed by atoms with E-state index in [-0.39, 0.29) is 17.5 Å². The molecule has 0 saturated heterocycles. The van der Waals surface area contributed by atoms with Crippen LogP contribution in [0.3, 0.4) is 0 Å². The summed E-state index contributed by atoms with van der Waals surface area (Å²) in [6.45, 7) is 7.75. The van der Waals surface area contributed by atoms with E-state index in [0.717, 1.165) is 22.3 Å². The topological polar surface area (TPSA) is 49.4 Å². The van der Waals surface area contributed by atoms with E-state index in [4.69, 9.17) is 11.6 Å². The molecule has 1 aliphatic rings. The summed E-state index contributed by atoms with van der Waals surface area (Å²) in [4.78, 5) is 28.4. The lowest BCUT2D eigenvalue weighted by Gasteiger charge is -2.18. The van der Waals surface area contributed by atoms with Crippen LogP contribution in [0.2, 0.25) is 5.02 Å². The monoisotopic (exact) mass is 430 g/mol. The summed E-state index contributed by atoms with van der Waals surface area (Å²) >= 11 is 6.18. The predicted octanol–water partition coefficient (Wildman–Crippen LogP) is 5.97. The van der Waals surface area contributed by atoms with Crippen molar-refractivity contribution < 1.29 is 9.59 Å². The van der Waals surface area contributed by atoms with Crippen molar-refractivity contribution in [3.63, 3.8) is 0 Å². The smallest absolute Gasteiger partial charge is 0.282 e. The maximum absolute atomic E-state index is 13.6. The van der Waals surface area contributed by atoms with Crippen LogP contribution in [0.4, 0.5) is 11.4 Å². The van der Waals surface area contributed by atoms with Crippen molar-refractivity contribution in [1.29, 1.82) is 0 Å². The second-order valence-electron chi connectivity index (χ2n) is 7.94. The van der Waals surface area contributed by atoms with Crippen molar-refractivity contribution in [3.8, 4) is 0 Å². The first-order valence-corrected chi connectivity index (χ1v) is 10.4. The van der Waals surface area contributed by atoms with Gasteiger partial charge in [0.2, 0.25) is 0 Å². The highest BCUT2D eigenvalue weighted by atomic mass is 35.5. The molecule has 0 spiro atoms. The van der Waals surface area contributed by atoms with E-state index in [1.54, 1.807) is 12.1 Å². The number of amides is 2. The van der Waals surface area contributed by atoms with Crippen LogP contribution in [0.5, 0.6) is 0 Å². The predicted molar refractivity (Wildman–Crippen MR) is 126 cm³/mol. The number of hydrogen-bond donors (Lipinski definition) is 1. The van der Waals surface area contributed by atoms with Gasteiger partial charge in [0.25, 0.3) is 11.8 Å². The normalized spacial score (nSPS) is 13.9. The highest BCUT2D eigenvalue weighted by Gasteiger charge is 2.41. The zero-order chi connectivity index (χ0) is 22.3. The molecule has 0 atom stereocenters. The maximum atomic E-state index is 13.6. The molecule has 0 bridgehead atoms. The van der Waals surface area contributed by atoms with Gasteiger partial charge in [-0.15, -0.1) is 0 Å². The molecule has 4 nitrogen and oxygen atoms in total. The Balaban J connectivity index is 1.88. The third-order valence-corrected chi connectivity index (χ3v) is 5.72. The Morgan fingerprint density at radius 3 is 2.10 bits per heavy atom. The number of halogens is 1. The van der Waals surface area contributed by atoms with Crippen LogP contribution in [0.15, 0.2) is 66.4 Å². The molecule has 0 aliphatic carbocycles. The molecule has 31 heavy (non-hydrogen) atoms. The Morgan fingerprint density at radius 2 is 1.39 bits per heavy atom. The first-order chi connectivity index (χ1) is 14.8. The Labute approximate surface area is 187 Å². The molecule has 1 N–H and O–H groups in total. The Bertz CT molecular complexity index is 1240. The van der Waals surface area contributed by atoms with Crippen LogP contribution in [0.25, 0.3) is 5.57 Å². The van der Waals surface area contributed by atoms with Gasteiger partial charge in [0.1, 0.15) is 5.70 Å². The number of carbonyl (C=O) groups excluding carboxylic acids is 2. The lowest BCUT2D eigenvalue weighted by molar-refractivity contribution is -0.120. The quantitative estimate of drug-likeness (QED) is 0.518. The molecule has 4 rings (SSSR count). The molecular weight excluding hydrogens is 408 g/mol. The summed E-state index contributed by atoms with van der Waals surface area (Å²) in [5.74, 6) is -0.724. The number of anilines is 2. The Morgan fingerprint density at radius 1 is 0.742 bits per heavy atom. The number of hydrogen-bond acceptors (Lipinski definition) is 3. The van der Waals surface area contributed by atoms with Crippen molar-refractivity contribution in [1.82, 2.24) is 0 Å². The maximum Gasteiger partial charge on any atom is 0.282 e. The van der Waals surface area contributed by atoms with Crippen molar-refractivity contribution in [3.05, 3.63) is 99.2 Å². The number of nitrogens with one attached hydrogen (secondary N) is 1. The van der Waals surface area contributed by atoms with Crippen LogP contribution in [-0.2, 0) is 9.59 Å². The van der Waals surface area contributed by atoms with E-state index in [0.29, 0.717) is 27.5 Å². The van der Waals surface area contributed by atoms with Crippen LogP contribution >= 0.6 is 11.6 Å². The van der Waals surface area contributed by atoms with Crippen molar-refractivity contribution in [2.24, 2.45) is 0 Å². The summed E-state index contributed by atoms with van der Waals surface area (Å²) < 4.78 is 0. The lowest BCUT2D eigenvalue weighted by atomic mass is 10.0. The molecule has 5 heteroatoms. The summed E-state index contributed by atoms with van der Waals surface area (Å²) in [5, 5.41) is 3.76. The fraction of sp³-hybridized carbons (Fsp3) is 0.154.